The predicted octanol–water partition coefficient (Wildman–Crippen LogP) is 2.35. The maximum atomic E-state index is 12.5. The fourth-order valence-electron chi connectivity index (χ4n) is 1.94. The van der Waals surface area contributed by atoms with Crippen LogP contribution in [0.3, 0.4) is 0 Å². The molecule has 4 nitrogen and oxygen atoms in total. The van der Waals surface area contributed by atoms with Crippen LogP contribution in [0.2, 0.25) is 0 Å². The molecule has 0 saturated carbocycles. The maximum Gasteiger partial charge on any atom is 0.255 e. The molecule has 0 bridgehead atoms. The first-order valence-corrected chi connectivity index (χ1v) is 6.85. The van der Waals surface area contributed by atoms with Crippen LogP contribution in [0.15, 0.2) is 24.3 Å². The van der Waals surface area contributed by atoms with E-state index < -0.39 is 0 Å². The molecule has 0 aliphatic rings. The van der Waals surface area contributed by atoms with Crippen molar-refractivity contribution in [1.82, 2.24) is 4.90 Å². The van der Waals surface area contributed by atoms with E-state index in [1.54, 1.807) is 4.90 Å². The lowest BCUT2D eigenvalue weighted by atomic mass is 10.1. The van der Waals surface area contributed by atoms with Crippen LogP contribution in [0, 0.1) is 0 Å². The van der Waals surface area contributed by atoms with Crippen LogP contribution in [-0.4, -0.2) is 41.7 Å². The van der Waals surface area contributed by atoms with Crippen LogP contribution < -0.4 is 5.32 Å². The molecule has 1 amide bonds. The fourth-order valence-corrected chi connectivity index (χ4v) is 1.94. The first kappa shape index (κ1) is 15.5. The number of nitrogens with zero attached hydrogens (tertiary/aromatic N) is 1. The number of carbonyl (C=O) groups is 1. The molecule has 0 aliphatic carbocycles. The van der Waals surface area contributed by atoms with Gasteiger partial charge in [0.1, 0.15) is 0 Å². The van der Waals surface area contributed by atoms with Gasteiger partial charge in [0, 0.05) is 31.4 Å². The third-order valence-corrected chi connectivity index (χ3v) is 2.86. The Bertz CT molecular complexity index is 405. The molecule has 0 fully saturated rings. The second kappa shape index (κ2) is 7.79. The lowest BCUT2D eigenvalue weighted by molar-refractivity contribution is 0.0755. The van der Waals surface area contributed by atoms with Gasteiger partial charge in [0.25, 0.3) is 5.91 Å². The van der Waals surface area contributed by atoms with Gasteiger partial charge in [-0.2, -0.15) is 0 Å². The third-order valence-electron chi connectivity index (χ3n) is 2.86. The van der Waals surface area contributed by atoms with Gasteiger partial charge in [-0.1, -0.05) is 12.1 Å². The molecule has 1 aromatic carbocycles. The molecular weight excluding hydrogens is 240 g/mol. The molecule has 1 rings (SSSR count). The number of carbonyl (C=O) groups excluding carboxylic acids is 1. The van der Waals surface area contributed by atoms with Crippen LogP contribution in [-0.2, 0) is 0 Å². The average molecular weight is 264 g/mol. The first-order chi connectivity index (χ1) is 9.10. The molecule has 0 aromatic heterocycles. The van der Waals surface area contributed by atoms with E-state index in [1.165, 1.54) is 0 Å². The Hall–Kier alpha value is -1.55. The van der Waals surface area contributed by atoms with E-state index in [0.29, 0.717) is 25.1 Å². The highest BCUT2D eigenvalue weighted by atomic mass is 16.3. The number of nitrogens with one attached hydrogen (secondary N) is 1. The van der Waals surface area contributed by atoms with Gasteiger partial charge in [0.15, 0.2) is 0 Å². The Morgan fingerprint density at radius 2 is 2.05 bits per heavy atom. The van der Waals surface area contributed by atoms with E-state index in [1.807, 2.05) is 45.0 Å². The highest BCUT2D eigenvalue weighted by molar-refractivity contribution is 5.99. The minimum Gasteiger partial charge on any atom is -0.396 e. The van der Waals surface area contributed by atoms with Crippen molar-refractivity contribution in [2.75, 3.05) is 25.0 Å². The summed E-state index contributed by atoms with van der Waals surface area (Å²) in [5.41, 5.74) is 1.56. The van der Waals surface area contributed by atoms with Crippen LogP contribution in [0.25, 0.3) is 0 Å². The van der Waals surface area contributed by atoms with Gasteiger partial charge in [-0.05, 0) is 39.3 Å². The number of anilines is 1. The summed E-state index contributed by atoms with van der Waals surface area (Å²) in [7, 11) is 0. The lowest BCUT2D eigenvalue weighted by Crippen LogP contribution is -2.33. The lowest BCUT2D eigenvalue weighted by Gasteiger charge is -2.23. The van der Waals surface area contributed by atoms with Crippen LogP contribution in [0.1, 0.15) is 37.6 Å². The van der Waals surface area contributed by atoms with Gasteiger partial charge >= 0.3 is 0 Å². The van der Waals surface area contributed by atoms with Crippen molar-refractivity contribution in [3.63, 3.8) is 0 Å². The summed E-state index contributed by atoms with van der Waals surface area (Å²) in [5.74, 6) is 0.0136. The zero-order valence-corrected chi connectivity index (χ0v) is 12.0. The van der Waals surface area contributed by atoms with E-state index in [2.05, 4.69) is 5.32 Å². The Labute approximate surface area is 115 Å². The summed E-state index contributed by atoms with van der Waals surface area (Å²) < 4.78 is 0. The van der Waals surface area contributed by atoms with E-state index in [0.717, 1.165) is 5.69 Å². The molecule has 0 heterocycles. The molecule has 106 valence electrons. The maximum absolute atomic E-state index is 12.5. The van der Waals surface area contributed by atoms with Gasteiger partial charge < -0.3 is 15.3 Å². The molecule has 0 unspecified atom stereocenters. The molecule has 4 heteroatoms. The largest absolute Gasteiger partial charge is 0.396 e. The molecular formula is C15H24N2O2. The number of benzene rings is 1. The first-order valence-electron chi connectivity index (χ1n) is 6.85. The molecule has 2 N–H and O–H groups in total. The number of amides is 1. The summed E-state index contributed by atoms with van der Waals surface area (Å²) in [6, 6.07) is 7.84. The quantitative estimate of drug-likeness (QED) is 0.795. The number of hydrogen-bond donors (Lipinski definition) is 2. The van der Waals surface area contributed by atoms with E-state index in [-0.39, 0.29) is 18.6 Å². The van der Waals surface area contributed by atoms with Crippen molar-refractivity contribution in [3.8, 4) is 0 Å². The predicted molar refractivity (Wildman–Crippen MR) is 78.5 cm³/mol. The van der Waals surface area contributed by atoms with Crippen LogP contribution in [0.4, 0.5) is 5.69 Å². The van der Waals surface area contributed by atoms with Gasteiger partial charge in [-0.3, -0.25) is 4.79 Å². The van der Waals surface area contributed by atoms with Gasteiger partial charge in [-0.15, -0.1) is 0 Å². The monoisotopic (exact) mass is 264 g/mol. The number of aliphatic hydroxyl groups excluding tert-OH is 1. The summed E-state index contributed by atoms with van der Waals surface area (Å²) >= 11 is 0. The third kappa shape index (κ3) is 4.56. The Morgan fingerprint density at radius 3 is 2.63 bits per heavy atom. The van der Waals surface area contributed by atoms with E-state index >= 15 is 0 Å². The minimum atomic E-state index is 0.0136. The number of aliphatic hydroxyl groups is 1. The fraction of sp³-hybridized carbons (Fsp3) is 0.533. The van der Waals surface area contributed by atoms with Crippen LogP contribution in [0.5, 0.6) is 0 Å². The number of rotatable bonds is 7. The molecule has 19 heavy (non-hydrogen) atoms. The van der Waals surface area contributed by atoms with Crippen LogP contribution >= 0.6 is 0 Å². The zero-order chi connectivity index (χ0) is 14.3. The van der Waals surface area contributed by atoms with Crippen molar-refractivity contribution >= 4 is 11.6 Å². The minimum absolute atomic E-state index is 0.0136. The van der Waals surface area contributed by atoms with Crippen molar-refractivity contribution in [2.45, 2.75) is 33.2 Å². The number of hydrogen-bond acceptors (Lipinski definition) is 3. The van der Waals surface area contributed by atoms with Gasteiger partial charge in [0.05, 0.1) is 5.56 Å². The summed E-state index contributed by atoms with van der Waals surface area (Å²) in [5, 5.41) is 12.2. The van der Waals surface area contributed by atoms with Gasteiger partial charge in [-0.25, -0.2) is 0 Å². The summed E-state index contributed by atoms with van der Waals surface area (Å²) in [6.07, 6.45) is 0.610. The molecule has 1 aromatic rings. The number of para-hydroxylation sites is 1. The van der Waals surface area contributed by atoms with Gasteiger partial charge in [0.2, 0.25) is 0 Å². The smallest absolute Gasteiger partial charge is 0.255 e. The second-order valence-corrected chi connectivity index (χ2v) is 4.81. The standard InChI is InChI=1S/C15H24N2O2/c1-4-17(10-7-11-18)15(19)13-8-5-6-9-14(13)16-12(2)3/h5-6,8-9,12,16,18H,4,7,10-11H2,1-3H3. The highest BCUT2D eigenvalue weighted by Crippen LogP contribution is 2.18. The summed E-state index contributed by atoms with van der Waals surface area (Å²) in [4.78, 5) is 14.2. The topological polar surface area (TPSA) is 52.6 Å². The Morgan fingerprint density at radius 1 is 1.37 bits per heavy atom. The molecule has 0 spiro atoms. The van der Waals surface area contributed by atoms with E-state index in [9.17, 15) is 4.79 Å². The highest BCUT2D eigenvalue weighted by Gasteiger charge is 2.17. The van der Waals surface area contributed by atoms with Crippen molar-refractivity contribution in [1.29, 1.82) is 0 Å². The molecule has 0 atom stereocenters. The zero-order valence-electron chi connectivity index (χ0n) is 12.0. The average Bonchev–Trinajstić information content (AvgIpc) is 2.39. The normalized spacial score (nSPS) is 10.6. The van der Waals surface area contributed by atoms with Crippen molar-refractivity contribution < 1.29 is 9.90 Å². The molecule has 0 aliphatic heterocycles. The van der Waals surface area contributed by atoms with Crippen molar-refractivity contribution in [3.05, 3.63) is 29.8 Å². The van der Waals surface area contributed by atoms with E-state index in [4.69, 9.17) is 5.11 Å². The molecule has 0 radical (unpaired) electrons. The summed E-state index contributed by atoms with van der Waals surface area (Å²) in [6.45, 7) is 7.38. The molecule has 0 saturated heterocycles. The SMILES string of the molecule is CCN(CCCO)C(=O)c1ccccc1NC(C)C. The Balaban J connectivity index is 2.90. The van der Waals surface area contributed by atoms with Crippen molar-refractivity contribution in [2.24, 2.45) is 0 Å². The Kier molecular flexibility index (Phi) is 6.36. The second-order valence-electron chi connectivity index (χ2n) is 4.81.